The molecule has 2 unspecified atom stereocenters. The Morgan fingerprint density at radius 2 is 1.80 bits per heavy atom. The number of ether oxygens (including phenoxy) is 1. The van der Waals surface area contributed by atoms with Gasteiger partial charge >= 0.3 is 11.9 Å². The average Bonchev–Trinajstić information content (AvgIpc) is 2.44. The second kappa shape index (κ2) is 7.68. The Labute approximate surface area is 119 Å². The van der Waals surface area contributed by atoms with Crippen molar-refractivity contribution in [2.45, 2.75) is 46.1 Å². The normalized spacial score (nSPS) is 13.6. The maximum Gasteiger partial charge on any atom is 0.339 e. The molecule has 0 saturated carbocycles. The van der Waals surface area contributed by atoms with Crippen LogP contribution in [-0.4, -0.2) is 23.1 Å². The minimum Gasteiger partial charge on any atom is -0.478 e. The average molecular weight is 278 g/mol. The van der Waals surface area contributed by atoms with Gasteiger partial charge in [-0.25, -0.2) is 9.59 Å². The van der Waals surface area contributed by atoms with Gasteiger partial charge in [-0.15, -0.1) is 0 Å². The first-order valence-corrected chi connectivity index (χ1v) is 7.00. The monoisotopic (exact) mass is 278 g/mol. The summed E-state index contributed by atoms with van der Waals surface area (Å²) in [5.41, 5.74) is 0.0838. The number of carboxylic acids is 1. The van der Waals surface area contributed by atoms with E-state index in [0.717, 1.165) is 19.3 Å². The fraction of sp³-hybridized carbons (Fsp3) is 0.500. The van der Waals surface area contributed by atoms with Crippen molar-refractivity contribution in [3.8, 4) is 0 Å². The van der Waals surface area contributed by atoms with Crippen LogP contribution in [0.4, 0.5) is 0 Å². The minimum atomic E-state index is -1.12. The lowest BCUT2D eigenvalue weighted by molar-refractivity contribution is 0.0201. The van der Waals surface area contributed by atoms with Crippen LogP contribution in [0.5, 0.6) is 0 Å². The van der Waals surface area contributed by atoms with Crippen molar-refractivity contribution in [1.29, 1.82) is 0 Å². The predicted molar refractivity (Wildman–Crippen MR) is 77.0 cm³/mol. The van der Waals surface area contributed by atoms with E-state index in [2.05, 4.69) is 6.92 Å². The Balaban J connectivity index is 2.74. The molecule has 4 nitrogen and oxygen atoms in total. The van der Waals surface area contributed by atoms with Gasteiger partial charge in [-0.1, -0.05) is 38.8 Å². The third kappa shape index (κ3) is 4.37. The number of aromatic carboxylic acids is 1. The summed E-state index contributed by atoms with van der Waals surface area (Å²) < 4.78 is 5.38. The van der Waals surface area contributed by atoms with Gasteiger partial charge in [0.1, 0.15) is 6.10 Å². The summed E-state index contributed by atoms with van der Waals surface area (Å²) in [5, 5.41) is 9.07. The molecular formula is C16H22O4. The fourth-order valence-corrected chi connectivity index (χ4v) is 1.96. The maximum atomic E-state index is 12.1. The highest BCUT2D eigenvalue weighted by molar-refractivity contribution is 6.02. The SMILES string of the molecule is CCCCC(C)C(C)OC(=O)c1ccccc1C(=O)O. The standard InChI is InChI=1S/C16H22O4/c1-4-5-8-11(2)12(3)20-16(19)14-10-7-6-9-13(14)15(17)18/h6-7,9-12H,4-5,8H2,1-3H3,(H,17,18). The first-order chi connectivity index (χ1) is 9.47. The summed E-state index contributed by atoms with van der Waals surface area (Å²) in [6.07, 6.45) is 2.96. The number of carboxylic acid groups (broad SMARTS) is 1. The number of hydrogen-bond donors (Lipinski definition) is 1. The number of unbranched alkanes of at least 4 members (excludes halogenated alkanes) is 1. The topological polar surface area (TPSA) is 63.6 Å². The summed E-state index contributed by atoms with van der Waals surface area (Å²) >= 11 is 0. The second-order valence-corrected chi connectivity index (χ2v) is 5.08. The molecular weight excluding hydrogens is 256 g/mol. The number of hydrogen-bond acceptors (Lipinski definition) is 3. The molecule has 0 saturated heterocycles. The Morgan fingerprint density at radius 3 is 2.35 bits per heavy atom. The molecule has 1 aromatic rings. The van der Waals surface area contributed by atoms with E-state index in [1.54, 1.807) is 12.1 Å². The predicted octanol–water partition coefficient (Wildman–Crippen LogP) is 3.76. The summed E-state index contributed by atoms with van der Waals surface area (Å²) in [6, 6.07) is 6.11. The van der Waals surface area contributed by atoms with Crippen LogP contribution in [0.1, 0.15) is 60.7 Å². The molecule has 0 fully saturated rings. The van der Waals surface area contributed by atoms with Crippen LogP contribution in [-0.2, 0) is 4.74 Å². The van der Waals surface area contributed by atoms with Crippen molar-refractivity contribution >= 4 is 11.9 Å². The molecule has 0 heterocycles. The molecule has 20 heavy (non-hydrogen) atoms. The number of esters is 1. The van der Waals surface area contributed by atoms with Gasteiger partial charge in [0, 0.05) is 0 Å². The zero-order valence-electron chi connectivity index (χ0n) is 12.3. The van der Waals surface area contributed by atoms with Crippen LogP contribution in [0, 0.1) is 5.92 Å². The lowest BCUT2D eigenvalue weighted by atomic mass is 9.99. The van der Waals surface area contributed by atoms with Gasteiger partial charge in [-0.3, -0.25) is 0 Å². The smallest absolute Gasteiger partial charge is 0.339 e. The summed E-state index contributed by atoms with van der Waals surface area (Å²) in [4.78, 5) is 23.2. The highest BCUT2D eigenvalue weighted by atomic mass is 16.5. The molecule has 0 bridgehead atoms. The Bertz CT molecular complexity index is 467. The first kappa shape index (κ1) is 16.2. The van der Waals surface area contributed by atoms with E-state index in [1.807, 2.05) is 13.8 Å². The zero-order chi connectivity index (χ0) is 15.1. The lowest BCUT2D eigenvalue weighted by Gasteiger charge is -2.20. The van der Waals surface area contributed by atoms with Gasteiger partial charge in [0.15, 0.2) is 0 Å². The van der Waals surface area contributed by atoms with Crippen LogP contribution in [0.3, 0.4) is 0 Å². The molecule has 2 atom stereocenters. The zero-order valence-corrected chi connectivity index (χ0v) is 12.3. The van der Waals surface area contributed by atoms with Crippen molar-refractivity contribution in [2.24, 2.45) is 5.92 Å². The van der Waals surface area contributed by atoms with Crippen molar-refractivity contribution < 1.29 is 19.4 Å². The minimum absolute atomic E-state index is 0.0223. The van der Waals surface area contributed by atoms with Crippen molar-refractivity contribution in [3.63, 3.8) is 0 Å². The van der Waals surface area contributed by atoms with Crippen LogP contribution in [0.15, 0.2) is 24.3 Å². The van der Waals surface area contributed by atoms with Gasteiger partial charge in [0.05, 0.1) is 11.1 Å². The van der Waals surface area contributed by atoms with E-state index in [4.69, 9.17) is 9.84 Å². The molecule has 0 amide bonds. The van der Waals surface area contributed by atoms with E-state index in [-0.39, 0.29) is 23.1 Å². The third-order valence-corrected chi connectivity index (χ3v) is 3.48. The summed E-state index contributed by atoms with van der Waals surface area (Å²) in [7, 11) is 0. The maximum absolute atomic E-state index is 12.1. The Morgan fingerprint density at radius 1 is 1.20 bits per heavy atom. The van der Waals surface area contributed by atoms with Crippen LogP contribution in [0.25, 0.3) is 0 Å². The first-order valence-electron chi connectivity index (χ1n) is 7.00. The van der Waals surface area contributed by atoms with Gasteiger partial charge in [0.25, 0.3) is 0 Å². The van der Waals surface area contributed by atoms with Crippen molar-refractivity contribution in [2.75, 3.05) is 0 Å². The number of carbonyl (C=O) groups excluding carboxylic acids is 1. The molecule has 1 aromatic carbocycles. The number of benzene rings is 1. The summed E-state index contributed by atoms with van der Waals surface area (Å²) in [6.45, 7) is 6.00. The van der Waals surface area contributed by atoms with Crippen molar-refractivity contribution in [1.82, 2.24) is 0 Å². The molecule has 0 aliphatic heterocycles. The number of rotatable bonds is 7. The Hall–Kier alpha value is -1.84. The second-order valence-electron chi connectivity index (χ2n) is 5.08. The lowest BCUT2D eigenvalue weighted by Crippen LogP contribution is -2.23. The molecule has 1 N–H and O–H groups in total. The molecule has 4 heteroatoms. The van der Waals surface area contributed by atoms with Crippen LogP contribution in [0.2, 0.25) is 0 Å². The van der Waals surface area contributed by atoms with E-state index in [1.165, 1.54) is 12.1 Å². The molecule has 0 aliphatic carbocycles. The molecule has 0 aliphatic rings. The molecule has 1 rings (SSSR count). The molecule has 0 spiro atoms. The molecule has 0 radical (unpaired) electrons. The van der Waals surface area contributed by atoms with Gasteiger partial charge in [-0.05, 0) is 31.4 Å². The van der Waals surface area contributed by atoms with E-state index >= 15 is 0 Å². The largest absolute Gasteiger partial charge is 0.478 e. The van der Waals surface area contributed by atoms with Crippen LogP contribution < -0.4 is 0 Å². The summed E-state index contributed by atoms with van der Waals surface area (Å²) in [5.74, 6) is -1.43. The van der Waals surface area contributed by atoms with Gasteiger partial charge < -0.3 is 9.84 Å². The van der Waals surface area contributed by atoms with E-state index < -0.39 is 11.9 Å². The highest BCUT2D eigenvalue weighted by Crippen LogP contribution is 2.18. The fourth-order valence-electron chi connectivity index (χ4n) is 1.96. The highest BCUT2D eigenvalue weighted by Gasteiger charge is 2.21. The van der Waals surface area contributed by atoms with E-state index in [0.29, 0.717) is 0 Å². The van der Waals surface area contributed by atoms with Gasteiger partial charge in [0.2, 0.25) is 0 Å². The third-order valence-electron chi connectivity index (χ3n) is 3.48. The van der Waals surface area contributed by atoms with Crippen LogP contribution >= 0.6 is 0 Å². The molecule has 0 aromatic heterocycles. The number of carbonyl (C=O) groups is 2. The van der Waals surface area contributed by atoms with E-state index in [9.17, 15) is 9.59 Å². The van der Waals surface area contributed by atoms with Gasteiger partial charge in [-0.2, -0.15) is 0 Å². The Kier molecular flexibility index (Phi) is 6.22. The quantitative estimate of drug-likeness (QED) is 0.771. The molecule has 110 valence electrons. The van der Waals surface area contributed by atoms with Crippen molar-refractivity contribution in [3.05, 3.63) is 35.4 Å².